The van der Waals surface area contributed by atoms with Gasteiger partial charge in [-0.2, -0.15) is 0 Å². The first-order valence-corrected chi connectivity index (χ1v) is 8.96. The fourth-order valence-corrected chi connectivity index (χ4v) is 4.40. The van der Waals surface area contributed by atoms with Crippen molar-refractivity contribution in [3.63, 3.8) is 0 Å². The highest BCUT2D eigenvalue weighted by Crippen LogP contribution is 2.17. The zero-order valence-corrected chi connectivity index (χ0v) is 12.5. The summed E-state index contributed by atoms with van der Waals surface area (Å²) < 4.78 is 22.7. The highest BCUT2D eigenvalue weighted by atomic mass is 32.2. The van der Waals surface area contributed by atoms with Gasteiger partial charge in [-0.15, -0.1) is 10.2 Å². The Kier molecular flexibility index (Phi) is 3.79. The monoisotopic (exact) mass is 310 g/mol. The number of anilines is 1. The Bertz CT molecular complexity index is 623. The lowest BCUT2D eigenvalue weighted by Crippen LogP contribution is -2.36. The van der Waals surface area contributed by atoms with E-state index >= 15 is 0 Å². The minimum atomic E-state index is -3.00. The molecule has 2 aliphatic rings. The van der Waals surface area contributed by atoms with E-state index in [0.717, 1.165) is 31.7 Å². The average molecular weight is 310 g/mol. The Balaban J connectivity index is 1.62. The lowest BCUT2D eigenvalue weighted by molar-refractivity contribution is 0.0935. The van der Waals surface area contributed by atoms with Crippen LogP contribution in [0.25, 0.3) is 0 Å². The fraction of sp³-hybridized carbons (Fsp3) is 0.615. The highest BCUT2D eigenvalue weighted by molar-refractivity contribution is 7.91. The quantitative estimate of drug-likeness (QED) is 0.844. The molecule has 1 unspecified atom stereocenters. The summed E-state index contributed by atoms with van der Waals surface area (Å²) >= 11 is 0. The predicted molar refractivity (Wildman–Crippen MR) is 78.0 cm³/mol. The van der Waals surface area contributed by atoms with Gasteiger partial charge in [-0.1, -0.05) is 0 Å². The second-order valence-electron chi connectivity index (χ2n) is 5.54. The van der Waals surface area contributed by atoms with Crippen LogP contribution in [-0.2, 0) is 9.84 Å². The molecule has 2 aliphatic heterocycles. The summed E-state index contributed by atoms with van der Waals surface area (Å²) in [6.45, 7) is 1.94. The molecule has 2 fully saturated rings. The molecular formula is C13H18N4O3S. The van der Waals surface area contributed by atoms with Crippen molar-refractivity contribution in [2.24, 2.45) is 0 Å². The van der Waals surface area contributed by atoms with Crippen molar-refractivity contribution in [1.29, 1.82) is 0 Å². The molecule has 0 saturated carbocycles. The molecule has 1 aromatic heterocycles. The molecule has 3 rings (SSSR count). The molecule has 0 aromatic carbocycles. The number of rotatable bonds is 3. The Morgan fingerprint density at radius 1 is 1.24 bits per heavy atom. The summed E-state index contributed by atoms with van der Waals surface area (Å²) in [6, 6.07) is 3.11. The summed E-state index contributed by atoms with van der Waals surface area (Å²) in [4.78, 5) is 14.2. The maximum Gasteiger partial charge on any atom is 0.272 e. The molecule has 21 heavy (non-hydrogen) atoms. The van der Waals surface area contributed by atoms with Gasteiger partial charge in [0.25, 0.3) is 5.91 Å². The first kappa shape index (κ1) is 14.2. The van der Waals surface area contributed by atoms with Gasteiger partial charge >= 0.3 is 0 Å². The molecule has 0 aliphatic carbocycles. The predicted octanol–water partition coefficient (Wildman–Crippen LogP) is -0.00630. The first-order chi connectivity index (χ1) is 10.0. The third-order valence-electron chi connectivity index (χ3n) is 3.88. The van der Waals surface area contributed by atoms with Crippen molar-refractivity contribution < 1.29 is 13.2 Å². The number of aromatic nitrogens is 2. The van der Waals surface area contributed by atoms with E-state index in [9.17, 15) is 13.2 Å². The van der Waals surface area contributed by atoms with E-state index in [1.807, 2.05) is 0 Å². The summed E-state index contributed by atoms with van der Waals surface area (Å²) in [5.74, 6) is 0.570. The van der Waals surface area contributed by atoms with Crippen LogP contribution in [0.2, 0.25) is 0 Å². The van der Waals surface area contributed by atoms with E-state index < -0.39 is 9.84 Å². The lowest BCUT2D eigenvalue weighted by Gasteiger charge is -2.15. The van der Waals surface area contributed by atoms with E-state index in [4.69, 9.17) is 0 Å². The van der Waals surface area contributed by atoms with Crippen LogP contribution in [0.5, 0.6) is 0 Å². The van der Waals surface area contributed by atoms with Crippen LogP contribution in [0.4, 0.5) is 5.82 Å². The van der Waals surface area contributed by atoms with Crippen LogP contribution in [0.15, 0.2) is 12.1 Å². The molecule has 1 amide bonds. The Labute approximate surface area is 123 Å². The minimum absolute atomic E-state index is 0.0119. The van der Waals surface area contributed by atoms with Gasteiger partial charge in [-0.25, -0.2) is 8.42 Å². The standard InChI is InChI=1S/C13H18N4O3S/c18-13(14-10-5-8-21(19,20)9-10)11-3-4-12(16-15-11)17-6-1-2-7-17/h3-4,10H,1-2,5-9H2,(H,14,18). The molecule has 7 nitrogen and oxygen atoms in total. The molecule has 3 heterocycles. The number of carbonyl (C=O) groups is 1. The second kappa shape index (κ2) is 5.59. The average Bonchev–Trinajstić information content (AvgIpc) is 3.09. The van der Waals surface area contributed by atoms with Crippen molar-refractivity contribution in [2.45, 2.75) is 25.3 Å². The fourth-order valence-electron chi connectivity index (χ4n) is 2.73. The molecule has 0 spiro atoms. The van der Waals surface area contributed by atoms with Crippen molar-refractivity contribution in [1.82, 2.24) is 15.5 Å². The highest BCUT2D eigenvalue weighted by Gasteiger charge is 2.29. The van der Waals surface area contributed by atoms with Crippen LogP contribution in [0.1, 0.15) is 29.8 Å². The Morgan fingerprint density at radius 3 is 2.57 bits per heavy atom. The van der Waals surface area contributed by atoms with Crippen LogP contribution >= 0.6 is 0 Å². The topological polar surface area (TPSA) is 92.3 Å². The third kappa shape index (κ3) is 3.31. The molecule has 1 N–H and O–H groups in total. The maximum absolute atomic E-state index is 12.0. The Morgan fingerprint density at radius 2 is 2.00 bits per heavy atom. The van der Waals surface area contributed by atoms with Gasteiger partial charge in [0.2, 0.25) is 0 Å². The SMILES string of the molecule is O=C(NC1CCS(=O)(=O)C1)c1ccc(N2CCCC2)nn1. The summed E-state index contributed by atoms with van der Waals surface area (Å²) in [5, 5.41) is 10.7. The minimum Gasteiger partial charge on any atom is -0.355 e. The van der Waals surface area contributed by atoms with Gasteiger partial charge in [0.15, 0.2) is 21.3 Å². The molecule has 114 valence electrons. The number of carbonyl (C=O) groups excluding carboxylic acids is 1. The van der Waals surface area contributed by atoms with Crippen LogP contribution < -0.4 is 10.2 Å². The van der Waals surface area contributed by atoms with Gasteiger partial charge in [-0.05, 0) is 31.4 Å². The molecule has 1 atom stereocenters. The number of sulfone groups is 1. The number of hydrogen-bond acceptors (Lipinski definition) is 6. The maximum atomic E-state index is 12.0. The van der Waals surface area contributed by atoms with E-state index in [1.54, 1.807) is 12.1 Å². The molecule has 0 bridgehead atoms. The summed E-state index contributed by atoms with van der Waals surface area (Å²) in [6.07, 6.45) is 2.77. The van der Waals surface area contributed by atoms with Crippen LogP contribution in [-0.4, -0.2) is 55.2 Å². The van der Waals surface area contributed by atoms with Gasteiger partial charge < -0.3 is 10.2 Å². The molecule has 2 saturated heterocycles. The molecular weight excluding hydrogens is 292 g/mol. The molecule has 8 heteroatoms. The molecule has 0 radical (unpaired) electrons. The van der Waals surface area contributed by atoms with Gasteiger partial charge in [0.05, 0.1) is 11.5 Å². The summed E-state index contributed by atoms with van der Waals surface area (Å²) in [5.41, 5.74) is 0.224. The number of nitrogens with zero attached hydrogens (tertiary/aromatic N) is 3. The van der Waals surface area contributed by atoms with Gasteiger partial charge in [0, 0.05) is 19.1 Å². The van der Waals surface area contributed by atoms with Crippen LogP contribution in [0, 0.1) is 0 Å². The lowest BCUT2D eigenvalue weighted by atomic mass is 10.2. The van der Waals surface area contributed by atoms with Gasteiger partial charge in [-0.3, -0.25) is 4.79 Å². The van der Waals surface area contributed by atoms with Crippen molar-refractivity contribution in [2.75, 3.05) is 29.5 Å². The zero-order chi connectivity index (χ0) is 14.9. The van der Waals surface area contributed by atoms with E-state index in [0.29, 0.717) is 6.42 Å². The normalized spacial score (nSPS) is 24.2. The van der Waals surface area contributed by atoms with E-state index in [1.165, 1.54) is 0 Å². The van der Waals surface area contributed by atoms with Crippen LogP contribution in [0.3, 0.4) is 0 Å². The first-order valence-electron chi connectivity index (χ1n) is 7.13. The largest absolute Gasteiger partial charge is 0.355 e. The van der Waals surface area contributed by atoms with Crippen molar-refractivity contribution >= 4 is 21.6 Å². The number of nitrogens with one attached hydrogen (secondary N) is 1. The third-order valence-corrected chi connectivity index (χ3v) is 5.65. The smallest absolute Gasteiger partial charge is 0.272 e. The number of hydrogen-bond donors (Lipinski definition) is 1. The molecule has 1 aromatic rings. The van der Waals surface area contributed by atoms with Crippen molar-refractivity contribution in [3.05, 3.63) is 17.8 Å². The van der Waals surface area contributed by atoms with Crippen molar-refractivity contribution in [3.8, 4) is 0 Å². The van der Waals surface area contributed by atoms with Gasteiger partial charge in [0.1, 0.15) is 0 Å². The summed E-state index contributed by atoms with van der Waals surface area (Å²) in [7, 11) is -3.00. The number of amides is 1. The zero-order valence-electron chi connectivity index (χ0n) is 11.7. The Hall–Kier alpha value is -1.70. The van der Waals surface area contributed by atoms with E-state index in [2.05, 4.69) is 20.4 Å². The van der Waals surface area contributed by atoms with E-state index in [-0.39, 0.29) is 29.1 Å². The second-order valence-corrected chi connectivity index (χ2v) is 7.77.